The van der Waals surface area contributed by atoms with Crippen LogP contribution in [0.1, 0.15) is 20.8 Å². The summed E-state index contributed by atoms with van der Waals surface area (Å²) in [6, 6.07) is 0. The molecule has 74 valence electrons. The van der Waals surface area contributed by atoms with Crippen molar-refractivity contribution in [2.45, 2.75) is 37.6 Å². The van der Waals surface area contributed by atoms with Gasteiger partial charge >= 0.3 is 0 Å². The van der Waals surface area contributed by atoms with Crippen molar-refractivity contribution in [1.29, 1.82) is 0 Å². The molecule has 12 heavy (non-hydrogen) atoms. The molecule has 0 aromatic rings. The summed E-state index contributed by atoms with van der Waals surface area (Å²) in [7, 11) is 0. The fraction of sp³-hybridized carbons (Fsp3) is 1.00. The highest BCUT2D eigenvalue weighted by Gasteiger charge is 2.06. The van der Waals surface area contributed by atoms with E-state index in [2.05, 4.69) is 6.92 Å². The molecule has 0 saturated carbocycles. The van der Waals surface area contributed by atoms with E-state index >= 15 is 0 Å². The van der Waals surface area contributed by atoms with E-state index in [9.17, 15) is 0 Å². The Morgan fingerprint density at radius 2 is 1.25 bits per heavy atom. The highest BCUT2D eigenvalue weighted by molar-refractivity contribution is 8.17. The predicted octanol–water partition coefficient (Wildman–Crippen LogP) is 1.56. The molecule has 0 radical (unpaired) electrons. The second-order valence-corrected chi connectivity index (χ2v) is 5.98. The molecule has 2 N–H and O–H groups in total. The first kappa shape index (κ1) is 12.6. The first-order valence-electron chi connectivity index (χ1n) is 4.11. The van der Waals surface area contributed by atoms with Crippen molar-refractivity contribution < 1.29 is 10.2 Å². The summed E-state index contributed by atoms with van der Waals surface area (Å²) in [4.78, 5) is 0. The SMILES string of the molecule is CC(O)CSC(C)SCC(C)O. The Hall–Kier alpha value is 0.620. The zero-order valence-corrected chi connectivity index (χ0v) is 9.49. The monoisotopic (exact) mass is 210 g/mol. The van der Waals surface area contributed by atoms with Crippen molar-refractivity contribution in [1.82, 2.24) is 0 Å². The molecule has 2 nitrogen and oxygen atoms in total. The van der Waals surface area contributed by atoms with E-state index in [1.165, 1.54) is 0 Å². The lowest BCUT2D eigenvalue weighted by atomic mass is 10.5. The van der Waals surface area contributed by atoms with E-state index in [1.54, 1.807) is 37.4 Å². The number of hydrogen-bond acceptors (Lipinski definition) is 4. The van der Waals surface area contributed by atoms with Gasteiger partial charge in [0.2, 0.25) is 0 Å². The van der Waals surface area contributed by atoms with E-state index in [0.717, 1.165) is 11.5 Å². The average molecular weight is 210 g/mol. The van der Waals surface area contributed by atoms with E-state index in [-0.39, 0.29) is 12.2 Å². The molecule has 0 aliphatic heterocycles. The molecule has 0 amide bonds. The number of aliphatic hydroxyl groups is 2. The van der Waals surface area contributed by atoms with Gasteiger partial charge in [0.1, 0.15) is 0 Å². The van der Waals surface area contributed by atoms with Crippen LogP contribution >= 0.6 is 23.5 Å². The lowest BCUT2D eigenvalue weighted by Gasteiger charge is -2.12. The van der Waals surface area contributed by atoms with E-state index in [1.807, 2.05) is 0 Å². The van der Waals surface area contributed by atoms with Crippen molar-refractivity contribution >= 4 is 23.5 Å². The van der Waals surface area contributed by atoms with Crippen LogP contribution in [0.15, 0.2) is 0 Å². The highest BCUT2D eigenvalue weighted by Crippen LogP contribution is 2.23. The fourth-order valence-corrected chi connectivity index (χ4v) is 2.55. The van der Waals surface area contributed by atoms with Crippen LogP contribution in [0.2, 0.25) is 0 Å². The Bertz CT molecular complexity index is 95.2. The third-order valence-electron chi connectivity index (χ3n) is 1.14. The largest absolute Gasteiger partial charge is 0.393 e. The molecule has 0 bridgehead atoms. The molecular weight excluding hydrogens is 192 g/mol. The van der Waals surface area contributed by atoms with Gasteiger partial charge in [-0.2, -0.15) is 0 Å². The lowest BCUT2D eigenvalue weighted by Crippen LogP contribution is -2.09. The molecule has 2 atom stereocenters. The highest BCUT2D eigenvalue weighted by atomic mass is 32.2. The second-order valence-electron chi connectivity index (χ2n) is 2.93. The Kier molecular flexibility index (Phi) is 7.43. The maximum atomic E-state index is 9.00. The molecule has 0 heterocycles. The van der Waals surface area contributed by atoms with Crippen molar-refractivity contribution in [2.24, 2.45) is 0 Å². The Labute approximate surface area is 83.1 Å². The first-order chi connectivity index (χ1) is 5.52. The van der Waals surface area contributed by atoms with Gasteiger partial charge in [-0.15, -0.1) is 23.5 Å². The summed E-state index contributed by atoms with van der Waals surface area (Å²) in [5.41, 5.74) is 0. The van der Waals surface area contributed by atoms with Crippen LogP contribution in [0.3, 0.4) is 0 Å². The Balaban J connectivity index is 3.27. The van der Waals surface area contributed by atoms with Gasteiger partial charge in [0.25, 0.3) is 0 Å². The maximum absolute atomic E-state index is 9.00. The van der Waals surface area contributed by atoms with E-state index in [4.69, 9.17) is 10.2 Å². The van der Waals surface area contributed by atoms with Gasteiger partial charge < -0.3 is 10.2 Å². The van der Waals surface area contributed by atoms with Crippen LogP contribution in [0.5, 0.6) is 0 Å². The quantitative estimate of drug-likeness (QED) is 0.653. The Morgan fingerprint density at radius 1 is 0.917 bits per heavy atom. The minimum Gasteiger partial charge on any atom is -0.393 e. The number of rotatable bonds is 6. The van der Waals surface area contributed by atoms with Gasteiger partial charge in [0.05, 0.1) is 12.2 Å². The zero-order chi connectivity index (χ0) is 9.56. The predicted molar refractivity (Wildman–Crippen MR) is 57.7 cm³/mol. The standard InChI is InChI=1S/C8H18O2S2/c1-6(9)4-11-8(3)12-5-7(2)10/h6-10H,4-5H2,1-3H3. The molecule has 0 fully saturated rings. The first-order valence-corrected chi connectivity index (χ1v) is 6.21. The van der Waals surface area contributed by atoms with Gasteiger partial charge in [0.15, 0.2) is 0 Å². The van der Waals surface area contributed by atoms with Crippen molar-refractivity contribution in [3.05, 3.63) is 0 Å². The molecule has 0 aliphatic rings. The molecule has 0 aromatic heterocycles. The number of aliphatic hydroxyl groups excluding tert-OH is 2. The summed E-state index contributed by atoms with van der Waals surface area (Å²) >= 11 is 3.46. The molecule has 0 spiro atoms. The summed E-state index contributed by atoms with van der Waals surface area (Å²) in [6.07, 6.45) is -0.464. The maximum Gasteiger partial charge on any atom is 0.0602 e. The second kappa shape index (κ2) is 7.06. The summed E-state index contributed by atoms with van der Waals surface area (Å²) in [5, 5.41) is 18.0. The van der Waals surface area contributed by atoms with Crippen LogP contribution in [0, 0.1) is 0 Å². The van der Waals surface area contributed by atoms with Crippen LogP contribution < -0.4 is 0 Å². The minimum absolute atomic E-state index is 0.232. The molecule has 2 unspecified atom stereocenters. The van der Waals surface area contributed by atoms with Gasteiger partial charge in [-0.25, -0.2) is 0 Å². The summed E-state index contributed by atoms with van der Waals surface area (Å²) in [5.74, 6) is 1.54. The lowest BCUT2D eigenvalue weighted by molar-refractivity contribution is 0.220. The number of thioether (sulfide) groups is 2. The average Bonchev–Trinajstić information content (AvgIpc) is 1.96. The van der Waals surface area contributed by atoms with Crippen LogP contribution in [0.25, 0.3) is 0 Å². The summed E-state index contributed by atoms with van der Waals surface area (Å²) < 4.78 is 0.453. The van der Waals surface area contributed by atoms with Gasteiger partial charge in [0, 0.05) is 16.1 Å². The summed E-state index contributed by atoms with van der Waals surface area (Å²) in [6.45, 7) is 5.68. The molecule has 0 saturated heterocycles. The molecule has 0 rings (SSSR count). The minimum atomic E-state index is -0.232. The smallest absolute Gasteiger partial charge is 0.0602 e. The van der Waals surface area contributed by atoms with E-state index in [0.29, 0.717) is 4.58 Å². The topological polar surface area (TPSA) is 40.5 Å². The number of hydrogen-bond donors (Lipinski definition) is 2. The third-order valence-corrected chi connectivity index (χ3v) is 4.25. The zero-order valence-electron chi connectivity index (χ0n) is 7.86. The van der Waals surface area contributed by atoms with Crippen molar-refractivity contribution in [3.8, 4) is 0 Å². The van der Waals surface area contributed by atoms with E-state index < -0.39 is 0 Å². The third kappa shape index (κ3) is 8.71. The fourth-order valence-electron chi connectivity index (χ4n) is 0.598. The van der Waals surface area contributed by atoms with Gasteiger partial charge in [-0.1, -0.05) is 0 Å². The normalized spacial score (nSPS) is 18.8. The molecule has 0 aliphatic carbocycles. The van der Waals surface area contributed by atoms with Gasteiger partial charge in [-0.3, -0.25) is 0 Å². The van der Waals surface area contributed by atoms with Crippen LogP contribution in [-0.2, 0) is 0 Å². The van der Waals surface area contributed by atoms with Crippen molar-refractivity contribution in [3.63, 3.8) is 0 Å². The van der Waals surface area contributed by atoms with Crippen LogP contribution in [-0.4, -0.2) is 38.5 Å². The van der Waals surface area contributed by atoms with Gasteiger partial charge in [-0.05, 0) is 20.8 Å². The molecule has 4 heteroatoms. The van der Waals surface area contributed by atoms with Crippen molar-refractivity contribution in [2.75, 3.05) is 11.5 Å². The Morgan fingerprint density at radius 3 is 1.50 bits per heavy atom. The molecule has 0 aromatic carbocycles. The molecular formula is C8H18O2S2. The van der Waals surface area contributed by atoms with Crippen LogP contribution in [0.4, 0.5) is 0 Å².